The fourth-order valence-electron chi connectivity index (χ4n) is 7.92. The van der Waals surface area contributed by atoms with Crippen molar-refractivity contribution in [1.29, 1.82) is 0 Å². The molecule has 70 heavy (non-hydrogen) atoms. The second-order valence-corrected chi connectivity index (χ2v) is 20.9. The van der Waals surface area contributed by atoms with Crippen LogP contribution in [0.15, 0.2) is 60.8 Å². The first-order chi connectivity index (χ1) is 33.6. The summed E-state index contributed by atoms with van der Waals surface area (Å²) < 4.78 is 55.1. The van der Waals surface area contributed by atoms with E-state index < -0.39 is 83.5 Å². The summed E-state index contributed by atoms with van der Waals surface area (Å²) in [5.41, 5.74) is 0. The summed E-state index contributed by atoms with van der Waals surface area (Å²) in [7, 11) is -10.7. The smallest absolute Gasteiger partial charge is 0.462 e. The first kappa shape index (κ1) is 63.8. The largest absolute Gasteiger partial charge is 0.472 e. The molecule has 10 atom stereocenters. The van der Waals surface area contributed by atoms with Crippen molar-refractivity contribution in [1.82, 2.24) is 0 Å². The van der Waals surface area contributed by atoms with Crippen molar-refractivity contribution in [2.45, 2.75) is 236 Å². The van der Waals surface area contributed by atoms with Crippen molar-refractivity contribution >= 4 is 27.6 Å². The van der Waals surface area contributed by atoms with E-state index in [0.29, 0.717) is 31.5 Å². The van der Waals surface area contributed by atoms with Gasteiger partial charge in [0.15, 0.2) is 6.10 Å². The van der Waals surface area contributed by atoms with Crippen LogP contribution in [0.2, 0.25) is 0 Å². The molecule has 1 saturated heterocycles. The Bertz CT molecular complexity index is 1650. The minimum absolute atomic E-state index is 0.0848. The third kappa shape index (κ3) is 31.3. The van der Waals surface area contributed by atoms with Crippen molar-refractivity contribution in [3.63, 3.8) is 0 Å². The molecule has 1 aliphatic carbocycles. The number of allylic oxidation sites excluding steroid dienone is 8. The van der Waals surface area contributed by atoms with E-state index in [1.54, 1.807) is 6.08 Å². The van der Waals surface area contributed by atoms with E-state index in [9.17, 15) is 53.8 Å². The van der Waals surface area contributed by atoms with E-state index in [1.807, 2.05) is 18.2 Å². The van der Waals surface area contributed by atoms with Crippen LogP contribution in [-0.4, -0.2) is 115 Å². The fraction of sp³-hybridized carbons (Fsp3) is 0.765. The van der Waals surface area contributed by atoms with Crippen molar-refractivity contribution in [2.75, 3.05) is 13.2 Å². The number of aliphatic hydroxyl groups excluding tert-OH is 4. The van der Waals surface area contributed by atoms with E-state index in [-0.39, 0.29) is 12.8 Å². The van der Waals surface area contributed by atoms with Crippen molar-refractivity contribution < 1.29 is 81.6 Å². The first-order valence-corrected chi connectivity index (χ1v) is 29.0. The molecule has 7 unspecified atom stereocenters. The van der Waals surface area contributed by atoms with Gasteiger partial charge in [-0.15, -0.1) is 0 Å². The maximum absolute atomic E-state index is 13.0. The van der Waals surface area contributed by atoms with Gasteiger partial charge in [-0.05, 0) is 51.4 Å². The van der Waals surface area contributed by atoms with Gasteiger partial charge in [-0.3, -0.25) is 23.2 Å². The highest BCUT2D eigenvalue weighted by Gasteiger charge is 2.54. The predicted octanol–water partition coefficient (Wildman–Crippen LogP) is 9.61. The number of rotatable bonds is 42. The van der Waals surface area contributed by atoms with E-state index in [4.69, 9.17) is 23.3 Å². The van der Waals surface area contributed by atoms with Crippen LogP contribution in [-0.2, 0) is 46.5 Å². The fourth-order valence-corrected chi connectivity index (χ4v) is 9.46. The van der Waals surface area contributed by atoms with Gasteiger partial charge in [-0.25, -0.2) is 9.13 Å². The summed E-state index contributed by atoms with van der Waals surface area (Å²) >= 11 is 0. The number of aliphatic hydroxyl groups is 4. The number of hydrogen-bond donors (Lipinski definition) is 7. The number of unbranched alkanes of at least 4 members (excludes halogenated alkanes) is 16. The molecule has 2 aliphatic rings. The van der Waals surface area contributed by atoms with E-state index in [2.05, 4.69) is 54.8 Å². The molecule has 1 aliphatic heterocycles. The molecule has 1 saturated carbocycles. The van der Waals surface area contributed by atoms with Crippen LogP contribution in [0.3, 0.4) is 0 Å². The zero-order chi connectivity index (χ0) is 51.5. The quantitative estimate of drug-likeness (QED) is 0.00986. The topological polar surface area (TPSA) is 269 Å². The van der Waals surface area contributed by atoms with Crippen LogP contribution in [0.25, 0.3) is 0 Å². The lowest BCUT2D eigenvalue weighted by Crippen LogP contribution is -2.64. The number of hydrogen-bond acceptors (Lipinski definition) is 14. The number of carbonyl (C=O) groups excluding carboxylic acids is 2. The summed E-state index contributed by atoms with van der Waals surface area (Å²) in [4.78, 5) is 54.4. The lowest BCUT2D eigenvalue weighted by molar-refractivity contribution is -0.216. The average Bonchev–Trinajstić information content (AvgIpc) is 4.07. The molecule has 1 heterocycles. The summed E-state index contributed by atoms with van der Waals surface area (Å²) in [5, 5.41) is 41.3. The lowest BCUT2D eigenvalue weighted by Gasteiger charge is -2.43. The van der Waals surface area contributed by atoms with Crippen LogP contribution >= 0.6 is 15.6 Å². The monoisotopic (exact) mass is 1030 g/mol. The van der Waals surface area contributed by atoms with Gasteiger partial charge in [0.2, 0.25) is 0 Å². The molecular weight excluding hydrogens is 946 g/mol. The third-order valence-electron chi connectivity index (χ3n) is 12.0. The second kappa shape index (κ2) is 38.3. The van der Waals surface area contributed by atoms with Crippen LogP contribution < -0.4 is 0 Å². The zero-order valence-corrected chi connectivity index (χ0v) is 43.7. The van der Waals surface area contributed by atoms with E-state index in [0.717, 1.165) is 57.8 Å². The molecule has 0 aromatic rings. The standard InChI is InChI=1S/C51H88O17P2/c1-3-5-7-8-9-10-11-12-13-14-15-16-20-23-26-29-33-37-44(52)63-39-41(40-64-70(61,62)68-51-48(56)46(54)47(55)50(49(51)57)67-69(58,59)60)65-45(53)38-34-30-27-24-21-18-17-19-22-25-28-32-36-43-42(66-43)35-31-6-4-2/h6,18-19,21-22,27-28,30-32,41-43,46-51,54-57H,3-5,7-17,20,23-26,29,33-40H2,1-2H3,(H,61,62)(H2,58,59,60)/b21-18-,22-19-,30-27-,31-6-,32-28-/t41-,42?,43?,46?,47?,48?,49?,50-,51+/m1/s1. The van der Waals surface area contributed by atoms with Gasteiger partial charge in [0.25, 0.3) is 0 Å². The summed E-state index contributed by atoms with van der Waals surface area (Å²) in [6, 6.07) is 0. The Labute approximate surface area is 417 Å². The van der Waals surface area contributed by atoms with Crippen molar-refractivity contribution in [3.8, 4) is 0 Å². The van der Waals surface area contributed by atoms with Gasteiger partial charge in [-0.1, -0.05) is 177 Å². The van der Waals surface area contributed by atoms with Gasteiger partial charge in [0.05, 0.1) is 18.8 Å². The van der Waals surface area contributed by atoms with Gasteiger partial charge in [0.1, 0.15) is 43.2 Å². The SMILES string of the molecule is CC/C=C\CC1OC1C/C=C\C/C=C\C/C=C\C/C=C\CCC(=O)O[C@H](COC(=O)CCCCCCCCCCCCCCCCCCC)COP(=O)(O)O[C@H]1C(O)C(O)C(O)[C@@H](OP(=O)(O)O)C1O. The van der Waals surface area contributed by atoms with Crippen LogP contribution in [0.5, 0.6) is 0 Å². The molecule has 7 N–H and O–H groups in total. The molecule has 0 spiro atoms. The normalized spacial score (nSPS) is 24.4. The predicted molar refractivity (Wildman–Crippen MR) is 268 cm³/mol. The van der Waals surface area contributed by atoms with Crippen LogP contribution in [0, 0.1) is 0 Å². The Balaban J connectivity index is 1.78. The average molecular weight is 1040 g/mol. The molecule has 0 aromatic carbocycles. The van der Waals surface area contributed by atoms with Crippen LogP contribution in [0.1, 0.15) is 181 Å². The van der Waals surface area contributed by atoms with Gasteiger partial charge >= 0.3 is 27.6 Å². The molecule has 0 bridgehead atoms. The molecular formula is C51H88O17P2. The number of phosphoric acid groups is 2. The molecule has 19 heteroatoms. The Hall–Kier alpha value is -2.34. The molecule has 0 amide bonds. The first-order valence-electron chi connectivity index (χ1n) is 26.0. The minimum Gasteiger partial charge on any atom is -0.462 e. The van der Waals surface area contributed by atoms with E-state index >= 15 is 0 Å². The Morgan fingerprint density at radius 3 is 1.49 bits per heavy atom. The lowest BCUT2D eigenvalue weighted by atomic mass is 9.85. The Morgan fingerprint density at radius 2 is 0.986 bits per heavy atom. The van der Waals surface area contributed by atoms with E-state index in [1.165, 1.54) is 77.0 Å². The maximum Gasteiger partial charge on any atom is 0.472 e. The third-order valence-corrected chi connectivity index (χ3v) is 13.5. The number of phosphoric ester groups is 2. The molecule has 0 aromatic heterocycles. The summed E-state index contributed by atoms with van der Waals surface area (Å²) in [5.74, 6) is -1.30. The Kier molecular flexibility index (Phi) is 34.9. The van der Waals surface area contributed by atoms with Crippen molar-refractivity contribution in [2.24, 2.45) is 0 Å². The highest BCUT2D eigenvalue weighted by Crippen LogP contribution is 2.49. The number of ether oxygens (including phenoxy) is 3. The molecule has 2 fully saturated rings. The van der Waals surface area contributed by atoms with Gasteiger partial charge < -0.3 is 49.3 Å². The summed E-state index contributed by atoms with van der Waals surface area (Å²) in [6.07, 6.45) is 32.2. The summed E-state index contributed by atoms with van der Waals surface area (Å²) in [6.45, 7) is 2.95. The molecule has 0 radical (unpaired) electrons. The molecule has 2 rings (SSSR count). The van der Waals surface area contributed by atoms with Crippen molar-refractivity contribution in [3.05, 3.63) is 60.8 Å². The van der Waals surface area contributed by atoms with Gasteiger partial charge in [-0.2, -0.15) is 0 Å². The highest BCUT2D eigenvalue weighted by atomic mass is 31.2. The Morgan fingerprint density at radius 1 is 0.529 bits per heavy atom. The number of carbonyl (C=O) groups is 2. The zero-order valence-electron chi connectivity index (χ0n) is 41.9. The maximum atomic E-state index is 13.0. The number of epoxide rings is 1. The number of esters is 2. The minimum atomic E-state index is -5.38. The van der Waals surface area contributed by atoms with Gasteiger partial charge in [0, 0.05) is 12.8 Å². The molecule has 17 nitrogen and oxygen atoms in total. The molecule has 404 valence electrons. The van der Waals surface area contributed by atoms with Crippen LogP contribution in [0.4, 0.5) is 0 Å². The highest BCUT2D eigenvalue weighted by molar-refractivity contribution is 7.47. The second-order valence-electron chi connectivity index (χ2n) is 18.3.